The van der Waals surface area contributed by atoms with E-state index in [0.717, 1.165) is 6.07 Å². The van der Waals surface area contributed by atoms with Crippen LogP contribution in [0, 0.1) is 11.7 Å². The molecule has 0 bridgehead atoms. The van der Waals surface area contributed by atoms with Gasteiger partial charge in [0.2, 0.25) is 0 Å². The molecule has 1 amide bonds. The van der Waals surface area contributed by atoms with Gasteiger partial charge in [-0.1, -0.05) is 20.3 Å². The van der Waals surface area contributed by atoms with Gasteiger partial charge in [-0.3, -0.25) is 4.79 Å². The second kappa shape index (κ2) is 9.61. The number of ether oxygens (including phenoxy) is 3. The average molecular weight is 355 g/mol. The van der Waals surface area contributed by atoms with Gasteiger partial charge in [0.15, 0.2) is 18.2 Å². The molecular weight excluding hydrogens is 333 g/mol. The van der Waals surface area contributed by atoms with Crippen molar-refractivity contribution in [2.75, 3.05) is 20.8 Å². The number of halogens is 1. The SMILES string of the molecule is CCC(C)C(NC(=O)COC(=O)c1ccc(OC)c(F)c1)C(=O)OC. The maximum atomic E-state index is 13.6. The van der Waals surface area contributed by atoms with Crippen molar-refractivity contribution >= 4 is 17.8 Å². The summed E-state index contributed by atoms with van der Waals surface area (Å²) in [4.78, 5) is 35.5. The number of carbonyl (C=O) groups excluding carboxylic acids is 3. The summed E-state index contributed by atoms with van der Waals surface area (Å²) in [6.45, 7) is 3.05. The van der Waals surface area contributed by atoms with Gasteiger partial charge in [0.05, 0.1) is 19.8 Å². The smallest absolute Gasteiger partial charge is 0.338 e. The Bertz CT molecular complexity index is 634. The van der Waals surface area contributed by atoms with E-state index in [1.807, 2.05) is 6.92 Å². The molecule has 0 saturated carbocycles. The lowest BCUT2D eigenvalue weighted by Crippen LogP contribution is -2.47. The molecule has 1 aromatic carbocycles. The Morgan fingerprint density at radius 3 is 2.44 bits per heavy atom. The van der Waals surface area contributed by atoms with Gasteiger partial charge < -0.3 is 19.5 Å². The third-order valence-electron chi connectivity index (χ3n) is 3.71. The standard InChI is InChI=1S/C17H22FNO6/c1-5-10(2)15(17(22)24-4)19-14(20)9-25-16(21)11-6-7-13(23-3)12(18)8-11/h6-8,10,15H,5,9H2,1-4H3,(H,19,20). The van der Waals surface area contributed by atoms with Crippen molar-refractivity contribution in [2.45, 2.75) is 26.3 Å². The summed E-state index contributed by atoms with van der Waals surface area (Å²) < 4.78 is 27.8. The Kier molecular flexibility index (Phi) is 7.84. The zero-order chi connectivity index (χ0) is 19.0. The zero-order valence-electron chi connectivity index (χ0n) is 14.6. The number of hydrogen-bond acceptors (Lipinski definition) is 6. The quantitative estimate of drug-likeness (QED) is 0.714. The molecule has 7 nitrogen and oxygen atoms in total. The molecule has 2 atom stereocenters. The van der Waals surface area contributed by atoms with Crippen LogP contribution in [0.3, 0.4) is 0 Å². The van der Waals surface area contributed by atoms with Crippen molar-refractivity contribution in [1.82, 2.24) is 5.32 Å². The normalized spacial score (nSPS) is 12.7. The Labute approximate surface area is 145 Å². The predicted molar refractivity (Wildman–Crippen MR) is 86.6 cm³/mol. The fourth-order valence-electron chi connectivity index (χ4n) is 2.02. The second-order valence-electron chi connectivity index (χ2n) is 5.38. The Morgan fingerprint density at radius 1 is 1.24 bits per heavy atom. The lowest BCUT2D eigenvalue weighted by atomic mass is 9.99. The van der Waals surface area contributed by atoms with Crippen LogP contribution in [0.1, 0.15) is 30.6 Å². The highest BCUT2D eigenvalue weighted by Crippen LogP contribution is 2.18. The number of esters is 2. The third kappa shape index (κ3) is 5.74. The van der Waals surface area contributed by atoms with Gasteiger partial charge in [-0.05, 0) is 24.1 Å². The van der Waals surface area contributed by atoms with E-state index in [4.69, 9.17) is 9.47 Å². The topological polar surface area (TPSA) is 90.9 Å². The minimum Gasteiger partial charge on any atom is -0.494 e. The largest absolute Gasteiger partial charge is 0.494 e. The van der Waals surface area contributed by atoms with Crippen LogP contribution in [-0.2, 0) is 19.1 Å². The number of rotatable bonds is 8. The number of carbonyl (C=O) groups is 3. The molecule has 1 N–H and O–H groups in total. The number of hydrogen-bond donors (Lipinski definition) is 1. The molecule has 0 aromatic heterocycles. The maximum Gasteiger partial charge on any atom is 0.338 e. The summed E-state index contributed by atoms with van der Waals surface area (Å²) >= 11 is 0. The number of amides is 1. The lowest BCUT2D eigenvalue weighted by molar-refractivity contribution is -0.147. The highest BCUT2D eigenvalue weighted by molar-refractivity contribution is 5.92. The molecule has 25 heavy (non-hydrogen) atoms. The number of nitrogens with one attached hydrogen (secondary N) is 1. The molecule has 1 rings (SSSR count). The summed E-state index contributed by atoms with van der Waals surface area (Å²) in [5.41, 5.74) is -0.0578. The zero-order valence-corrected chi connectivity index (χ0v) is 14.6. The molecule has 0 saturated heterocycles. The number of benzene rings is 1. The molecule has 138 valence electrons. The highest BCUT2D eigenvalue weighted by atomic mass is 19.1. The molecule has 1 aromatic rings. The molecule has 0 aliphatic carbocycles. The maximum absolute atomic E-state index is 13.6. The fourth-order valence-corrected chi connectivity index (χ4v) is 2.02. The van der Waals surface area contributed by atoms with E-state index in [0.29, 0.717) is 6.42 Å². The van der Waals surface area contributed by atoms with E-state index in [1.165, 1.54) is 26.4 Å². The van der Waals surface area contributed by atoms with E-state index in [1.54, 1.807) is 6.92 Å². The van der Waals surface area contributed by atoms with Crippen molar-refractivity contribution in [3.05, 3.63) is 29.6 Å². The molecule has 0 fully saturated rings. The highest BCUT2D eigenvalue weighted by Gasteiger charge is 2.27. The van der Waals surface area contributed by atoms with E-state index >= 15 is 0 Å². The van der Waals surface area contributed by atoms with Crippen LogP contribution >= 0.6 is 0 Å². The summed E-state index contributed by atoms with van der Waals surface area (Å²) in [5.74, 6) is -2.98. The van der Waals surface area contributed by atoms with E-state index in [-0.39, 0.29) is 17.2 Å². The van der Waals surface area contributed by atoms with Crippen LogP contribution in [0.2, 0.25) is 0 Å². The van der Waals surface area contributed by atoms with Crippen LogP contribution in [0.4, 0.5) is 4.39 Å². The Balaban J connectivity index is 2.64. The first-order valence-corrected chi connectivity index (χ1v) is 7.71. The minimum atomic E-state index is -0.866. The first kappa shape index (κ1) is 20.4. The first-order valence-electron chi connectivity index (χ1n) is 7.71. The van der Waals surface area contributed by atoms with E-state index in [2.05, 4.69) is 10.1 Å². The van der Waals surface area contributed by atoms with Crippen molar-refractivity contribution in [1.29, 1.82) is 0 Å². The molecule has 0 aliphatic heterocycles. The molecule has 0 heterocycles. The molecule has 0 spiro atoms. The monoisotopic (exact) mass is 355 g/mol. The van der Waals surface area contributed by atoms with Crippen LogP contribution in [0.15, 0.2) is 18.2 Å². The van der Waals surface area contributed by atoms with Gasteiger partial charge in [-0.15, -0.1) is 0 Å². The van der Waals surface area contributed by atoms with Crippen molar-refractivity contribution in [3.63, 3.8) is 0 Å². The van der Waals surface area contributed by atoms with Crippen LogP contribution in [-0.4, -0.2) is 44.7 Å². The van der Waals surface area contributed by atoms with Crippen molar-refractivity contribution in [3.8, 4) is 5.75 Å². The average Bonchev–Trinajstić information content (AvgIpc) is 2.62. The molecule has 0 aliphatic rings. The fraction of sp³-hybridized carbons (Fsp3) is 0.471. The Hall–Kier alpha value is -2.64. The summed E-state index contributed by atoms with van der Waals surface area (Å²) in [6.07, 6.45) is 0.644. The molecule has 2 unspecified atom stereocenters. The predicted octanol–water partition coefficient (Wildman–Crippen LogP) is 1.69. The second-order valence-corrected chi connectivity index (χ2v) is 5.38. The lowest BCUT2D eigenvalue weighted by Gasteiger charge is -2.21. The van der Waals surface area contributed by atoms with Crippen LogP contribution in [0.25, 0.3) is 0 Å². The summed E-state index contributed by atoms with van der Waals surface area (Å²) in [7, 11) is 2.53. The summed E-state index contributed by atoms with van der Waals surface area (Å²) in [6, 6.07) is 2.72. The van der Waals surface area contributed by atoms with E-state index < -0.39 is 36.3 Å². The van der Waals surface area contributed by atoms with Crippen LogP contribution in [0.5, 0.6) is 5.75 Å². The summed E-state index contributed by atoms with van der Waals surface area (Å²) in [5, 5.41) is 2.47. The molecular formula is C17H22FNO6. The van der Waals surface area contributed by atoms with Gasteiger partial charge >= 0.3 is 11.9 Å². The molecule has 8 heteroatoms. The van der Waals surface area contributed by atoms with Gasteiger partial charge in [-0.2, -0.15) is 0 Å². The molecule has 0 radical (unpaired) electrons. The van der Waals surface area contributed by atoms with E-state index in [9.17, 15) is 18.8 Å². The third-order valence-corrected chi connectivity index (χ3v) is 3.71. The first-order chi connectivity index (χ1) is 11.8. The van der Waals surface area contributed by atoms with Crippen LogP contribution < -0.4 is 10.1 Å². The van der Waals surface area contributed by atoms with Crippen molar-refractivity contribution < 1.29 is 33.0 Å². The van der Waals surface area contributed by atoms with Gasteiger partial charge in [0.25, 0.3) is 5.91 Å². The Morgan fingerprint density at radius 2 is 1.92 bits per heavy atom. The van der Waals surface area contributed by atoms with Crippen molar-refractivity contribution in [2.24, 2.45) is 5.92 Å². The van der Waals surface area contributed by atoms with Gasteiger partial charge in [0.1, 0.15) is 6.04 Å². The minimum absolute atomic E-state index is 0.0104. The van der Waals surface area contributed by atoms with Gasteiger partial charge in [-0.25, -0.2) is 14.0 Å². The van der Waals surface area contributed by atoms with Gasteiger partial charge in [0, 0.05) is 0 Å². The number of methoxy groups -OCH3 is 2.